The third-order valence-electron chi connectivity index (χ3n) is 5.59. The van der Waals surface area contributed by atoms with Gasteiger partial charge >= 0.3 is 0 Å². The molecule has 174 valence electrons. The van der Waals surface area contributed by atoms with Crippen molar-refractivity contribution in [1.29, 1.82) is 0 Å². The lowest BCUT2D eigenvalue weighted by Crippen LogP contribution is -2.37. The first kappa shape index (κ1) is 25.2. The highest BCUT2D eigenvalue weighted by molar-refractivity contribution is 6.04. The first-order valence-electron chi connectivity index (χ1n) is 11.2. The minimum Gasteiger partial charge on any atom is -0.497 e. The number of rotatable bonds is 12. The van der Waals surface area contributed by atoms with E-state index in [4.69, 9.17) is 10.5 Å². The Morgan fingerprint density at radius 1 is 1.16 bits per heavy atom. The Hall–Kier alpha value is -3.09. The van der Waals surface area contributed by atoms with Crippen molar-refractivity contribution in [3.8, 4) is 5.75 Å². The van der Waals surface area contributed by atoms with E-state index >= 15 is 0 Å². The molecule has 0 saturated heterocycles. The number of unbranched alkanes of at least 4 members (excludes halogenated alkanes) is 1. The van der Waals surface area contributed by atoms with Crippen LogP contribution in [0, 0.1) is 12.8 Å². The van der Waals surface area contributed by atoms with E-state index in [0.717, 1.165) is 19.3 Å². The van der Waals surface area contributed by atoms with Crippen molar-refractivity contribution in [3.05, 3.63) is 52.8 Å². The van der Waals surface area contributed by atoms with Crippen LogP contribution in [0.5, 0.6) is 5.75 Å². The largest absolute Gasteiger partial charge is 0.497 e. The zero-order chi connectivity index (χ0) is 23.8. The third-order valence-corrected chi connectivity index (χ3v) is 5.59. The van der Waals surface area contributed by atoms with E-state index in [0.29, 0.717) is 47.3 Å². The van der Waals surface area contributed by atoms with Gasteiger partial charge in [-0.25, -0.2) is 0 Å². The van der Waals surface area contributed by atoms with Gasteiger partial charge < -0.3 is 19.9 Å². The average molecular weight is 442 g/mol. The van der Waals surface area contributed by atoms with Gasteiger partial charge in [0.15, 0.2) is 5.78 Å². The minimum atomic E-state index is -0.558. The lowest BCUT2D eigenvalue weighted by molar-refractivity contribution is 0.0704. The van der Waals surface area contributed by atoms with Gasteiger partial charge in [-0.15, -0.1) is 0 Å². The maximum Gasteiger partial charge on any atom is 0.254 e. The lowest BCUT2D eigenvalue weighted by Gasteiger charge is -2.23. The Bertz CT molecular complexity index is 945. The third kappa shape index (κ3) is 6.22. The zero-order valence-corrected chi connectivity index (χ0v) is 19.8. The summed E-state index contributed by atoms with van der Waals surface area (Å²) in [5.74, 6) is 0.130. The van der Waals surface area contributed by atoms with Crippen molar-refractivity contribution < 1.29 is 19.1 Å². The number of primary amides is 1. The molecule has 0 aliphatic heterocycles. The summed E-state index contributed by atoms with van der Waals surface area (Å²) in [6.07, 6.45) is 2.55. The monoisotopic (exact) mass is 441 g/mol. The number of benzene rings is 1. The number of carbonyl (C=O) groups is 3. The van der Waals surface area contributed by atoms with E-state index in [-0.39, 0.29) is 18.2 Å². The van der Waals surface area contributed by atoms with E-state index in [2.05, 4.69) is 13.8 Å². The van der Waals surface area contributed by atoms with Crippen molar-refractivity contribution in [2.45, 2.75) is 53.5 Å². The number of carbonyl (C=O) groups excluding carboxylic acids is 3. The highest BCUT2D eigenvalue weighted by Crippen LogP contribution is 2.20. The summed E-state index contributed by atoms with van der Waals surface area (Å²) in [4.78, 5) is 39.9. The number of hydrogen-bond donors (Lipinski definition) is 1. The van der Waals surface area contributed by atoms with Gasteiger partial charge in [0, 0.05) is 24.3 Å². The van der Waals surface area contributed by atoms with E-state index < -0.39 is 5.91 Å². The number of Topliss-reactive ketones (excluding diaryl/α,β-unsaturated/α-hetero) is 1. The topological polar surface area (TPSA) is 94.6 Å². The molecule has 0 atom stereocenters. The molecular weight excluding hydrogens is 406 g/mol. The van der Waals surface area contributed by atoms with Crippen LogP contribution in [0.15, 0.2) is 30.3 Å². The normalized spacial score (nSPS) is 10.9. The molecular formula is C25H35N3O4. The van der Waals surface area contributed by atoms with Crippen LogP contribution in [0.4, 0.5) is 0 Å². The second-order valence-corrected chi connectivity index (χ2v) is 8.46. The molecule has 2 aromatic rings. The van der Waals surface area contributed by atoms with Gasteiger partial charge in [0.2, 0.25) is 0 Å². The molecule has 0 saturated carbocycles. The highest BCUT2D eigenvalue weighted by atomic mass is 16.5. The van der Waals surface area contributed by atoms with Crippen molar-refractivity contribution >= 4 is 17.6 Å². The molecule has 2 rings (SSSR count). The summed E-state index contributed by atoms with van der Waals surface area (Å²) < 4.78 is 7.02. The van der Waals surface area contributed by atoms with Crippen molar-refractivity contribution in [2.75, 3.05) is 20.2 Å². The van der Waals surface area contributed by atoms with Crippen molar-refractivity contribution in [1.82, 2.24) is 9.47 Å². The Morgan fingerprint density at radius 2 is 1.81 bits per heavy atom. The fraction of sp³-hybridized carbons (Fsp3) is 0.480. The summed E-state index contributed by atoms with van der Waals surface area (Å²) in [6.45, 7) is 9.07. The maximum absolute atomic E-state index is 13.3. The number of nitrogens with zero attached hydrogens (tertiary/aromatic N) is 2. The Morgan fingerprint density at radius 3 is 2.34 bits per heavy atom. The Kier molecular flexibility index (Phi) is 9.05. The van der Waals surface area contributed by atoms with E-state index in [1.165, 1.54) is 0 Å². The second kappa shape index (κ2) is 11.5. The van der Waals surface area contributed by atoms with Crippen LogP contribution >= 0.6 is 0 Å². The van der Waals surface area contributed by atoms with Gasteiger partial charge in [0.25, 0.3) is 11.8 Å². The number of nitrogens with two attached hydrogens (primary N) is 1. The van der Waals surface area contributed by atoms with Gasteiger partial charge in [-0.2, -0.15) is 0 Å². The summed E-state index contributed by atoms with van der Waals surface area (Å²) in [5, 5.41) is 0. The van der Waals surface area contributed by atoms with Crippen LogP contribution in [-0.2, 0) is 6.54 Å². The highest BCUT2D eigenvalue weighted by Gasteiger charge is 2.24. The van der Waals surface area contributed by atoms with Crippen LogP contribution in [0.3, 0.4) is 0 Å². The number of hydrogen-bond acceptors (Lipinski definition) is 4. The van der Waals surface area contributed by atoms with Gasteiger partial charge in [-0.05, 0) is 56.0 Å². The molecule has 0 fully saturated rings. The first-order valence-corrected chi connectivity index (χ1v) is 11.2. The molecule has 1 aromatic heterocycles. The van der Waals surface area contributed by atoms with Crippen LogP contribution < -0.4 is 10.5 Å². The summed E-state index contributed by atoms with van der Waals surface area (Å²) in [6, 6.07) is 8.42. The Balaban J connectivity index is 2.32. The molecule has 0 aliphatic rings. The molecule has 0 aliphatic carbocycles. The molecule has 0 radical (unpaired) electrons. The molecule has 2 N–H and O–H groups in total. The maximum atomic E-state index is 13.3. The molecule has 7 nitrogen and oxygen atoms in total. The van der Waals surface area contributed by atoms with Crippen LogP contribution in [0.2, 0.25) is 0 Å². The summed E-state index contributed by atoms with van der Waals surface area (Å²) >= 11 is 0. The molecule has 0 unspecified atom stereocenters. The SMILES string of the molecule is CCCCN(CC(=O)c1cc(C(N)=O)c(C)n1CCC(C)C)C(=O)c1ccc(OC)cc1. The number of ether oxygens (including phenoxy) is 1. The second-order valence-electron chi connectivity index (χ2n) is 8.46. The number of amides is 2. The number of methoxy groups -OCH3 is 1. The van der Waals surface area contributed by atoms with Crippen LogP contribution in [0.25, 0.3) is 0 Å². The average Bonchev–Trinajstić information content (AvgIpc) is 3.11. The van der Waals surface area contributed by atoms with E-state index in [9.17, 15) is 14.4 Å². The van der Waals surface area contributed by atoms with E-state index in [1.807, 2.05) is 11.5 Å². The summed E-state index contributed by atoms with van der Waals surface area (Å²) in [7, 11) is 1.57. The van der Waals surface area contributed by atoms with Crippen molar-refractivity contribution in [3.63, 3.8) is 0 Å². The summed E-state index contributed by atoms with van der Waals surface area (Å²) in [5.41, 5.74) is 7.48. The zero-order valence-electron chi connectivity index (χ0n) is 19.8. The number of aromatic nitrogens is 1. The standard InChI is InChI=1S/C25H35N3O4/c1-6-7-13-27(25(31)19-8-10-20(32-5)11-9-19)16-23(29)22-15-21(24(26)30)18(4)28(22)14-12-17(2)3/h8-11,15,17H,6-7,12-14,16H2,1-5H3,(H2,26,30). The molecule has 1 aromatic carbocycles. The Labute approximate surface area is 190 Å². The van der Waals surface area contributed by atoms with Crippen molar-refractivity contribution in [2.24, 2.45) is 11.7 Å². The molecule has 7 heteroatoms. The minimum absolute atomic E-state index is 0.0613. The predicted molar refractivity (Wildman–Crippen MR) is 125 cm³/mol. The molecule has 32 heavy (non-hydrogen) atoms. The molecule has 0 spiro atoms. The predicted octanol–water partition coefficient (Wildman–Crippen LogP) is 4.08. The van der Waals surface area contributed by atoms with Gasteiger partial charge in [-0.1, -0.05) is 27.2 Å². The van der Waals surface area contributed by atoms with Gasteiger partial charge in [0.05, 0.1) is 24.9 Å². The first-order chi connectivity index (χ1) is 15.2. The van der Waals surface area contributed by atoms with Gasteiger partial charge in [-0.3, -0.25) is 14.4 Å². The fourth-order valence-electron chi connectivity index (χ4n) is 3.57. The fourth-order valence-corrected chi connectivity index (χ4v) is 3.57. The van der Waals surface area contributed by atoms with Gasteiger partial charge in [0.1, 0.15) is 5.75 Å². The quantitative estimate of drug-likeness (QED) is 0.502. The smallest absolute Gasteiger partial charge is 0.254 e. The van der Waals surface area contributed by atoms with Crippen LogP contribution in [0.1, 0.15) is 76.9 Å². The molecule has 1 heterocycles. The van der Waals surface area contributed by atoms with Crippen LogP contribution in [-0.4, -0.2) is 47.3 Å². The molecule has 2 amide bonds. The molecule has 0 bridgehead atoms. The lowest BCUT2D eigenvalue weighted by atomic mass is 10.1. The van der Waals surface area contributed by atoms with E-state index in [1.54, 1.807) is 49.3 Å². The number of ketones is 1.